The third-order valence-electron chi connectivity index (χ3n) is 3.85. The fourth-order valence-corrected chi connectivity index (χ4v) is 2.85. The van der Waals surface area contributed by atoms with Gasteiger partial charge in [0.2, 0.25) is 0 Å². The number of anilines is 1. The minimum absolute atomic E-state index is 0.0272. The molecule has 12 heteroatoms. The third-order valence-corrected chi connectivity index (χ3v) is 4.08. The average Bonchev–Trinajstić information content (AvgIpc) is 3.29. The van der Waals surface area contributed by atoms with Crippen LogP contribution in [-0.2, 0) is 0 Å². The van der Waals surface area contributed by atoms with Crippen LogP contribution in [0, 0.1) is 0 Å². The molecule has 0 aliphatic heterocycles. The maximum atomic E-state index is 12.7. The number of aromatic amines is 1. The topological polar surface area (TPSA) is 97.2 Å². The van der Waals surface area contributed by atoms with Gasteiger partial charge in [-0.1, -0.05) is 11.6 Å². The number of amides is 1. The lowest BCUT2D eigenvalue weighted by Crippen LogP contribution is -2.18. The summed E-state index contributed by atoms with van der Waals surface area (Å²) in [6.45, 7) is 0. The molecule has 0 saturated heterocycles. The van der Waals surface area contributed by atoms with Gasteiger partial charge in [-0.15, -0.1) is 13.2 Å². The number of alkyl halides is 3. The summed E-state index contributed by atoms with van der Waals surface area (Å²) in [7, 11) is 0. The Balaban J connectivity index is 1.69. The van der Waals surface area contributed by atoms with E-state index in [2.05, 4.69) is 30.3 Å². The standard InChI is InChI=1S/C17H10ClF3N6O2/c18-9-2-3-13(29-17(19,20)21)10(6-9)14-12(8-23-26-14)25-16(28)11-7-24-27-5-1-4-22-15(11)27/h1-8H,(H,23,26)(H,25,28). The van der Waals surface area contributed by atoms with Gasteiger partial charge in [-0.3, -0.25) is 9.89 Å². The summed E-state index contributed by atoms with van der Waals surface area (Å²) in [4.78, 5) is 16.8. The van der Waals surface area contributed by atoms with E-state index in [-0.39, 0.29) is 27.5 Å². The summed E-state index contributed by atoms with van der Waals surface area (Å²) in [6.07, 6.45) is 0.799. The first-order valence-electron chi connectivity index (χ1n) is 8.00. The Bertz CT molecular complexity index is 1200. The summed E-state index contributed by atoms with van der Waals surface area (Å²) in [5, 5.41) is 13.1. The molecule has 1 amide bonds. The molecule has 4 rings (SSSR count). The minimum atomic E-state index is -4.91. The molecule has 0 saturated carbocycles. The number of carbonyl (C=O) groups is 1. The number of ether oxygens (including phenoxy) is 1. The Labute approximate surface area is 165 Å². The summed E-state index contributed by atoms with van der Waals surface area (Å²) < 4.78 is 43.7. The van der Waals surface area contributed by atoms with Crippen LogP contribution in [0.1, 0.15) is 10.4 Å². The zero-order valence-corrected chi connectivity index (χ0v) is 15.0. The number of fused-ring (bicyclic) bond motifs is 1. The molecule has 0 atom stereocenters. The van der Waals surface area contributed by atoms with Crippen molar-refractivity contribution in [2.75, 3.05) is 5.32 Å². The van der Waals surface area contributed by atoms with Gasteiger partial charge in [0.15, 0.2) is 5.65 Å². The van der Waals surface area contributed by atoms with Crippen LogP contribution in [0.5, 0.6) is 5.75 Å². The number of nitrogens with zero attached hydrogens (tertiary/aromatic N) is 4. The van der Waals surface area contributed by atoms with Crippen LogP contribution >= 0.6 is 11.6 Å². The molecule has 0 aliphatic rings. The lowest BCUT2D eigenvalue weighted by molar-refractivity contribution is -0.274. The van der Waals surface area contributed by atoms with Gasteiger partial charge >= 0.3 is 6.36 Å². The van der Waals surface area contributed by atoms with Crippen LogP contribution in [0.3, 0.4) is 0 Å². The molecule has 29 heavy (non-hydrogen) atoms. The molecule has 4 aromatic rings. The molecule has 3 heterocycles. The zero-order chi connectivity index (χ0) is 20.6. The van der Waals surface area contributed by atoms with Crippen molar-refractivity contribution in [3.8, 4) is 17.0 Å². The maximum Gasteiger partial charge on any atom is 0.573 e. The first-order valence-corrected chi connectivity index (χ1v) is 8.38. The molecular formula is C17H10ClF3N6O2. The highest BCUT2D eigenvalue weighted by Crippen LogP contribution is 2.38. The number of aromatic nitrogens is 5. The minimum Gasteiger partial charge on any atom is -0.405 e. The van der Waals surface area contributed by atoms with Crippen LogP contribution in [0.25, 0.3) is 16.9 Å². The monoisotopic (exact) mass is 422 g/mol. The van der Waals surface area contributed by atoms with Crippen LogP contribution < -0.4 is 10.1 Å². The van der Waals surface area contributed by atoms with Crippen molar-refractivity contribution in [2.24, 2.45) is 0 Å². The quantitative estimate of drug-likeness (QED) is 0.519. The van der Waals surface area contributed by atoms with E-state index in [1.165, 1.54) is 35.2 Å². The average molecular weight is 423 g/mol. The first kappa shape index (κ1) is 18.7. The highest BCUT2D eigenvalue weighted by Gasteiger charge is 2.33. The van der Waals surface area contributed by atoms with Gasteiger partial charge in [0.25, 0.3) is 5.91 Å². The summed E-state index contributed by atoms with van der Waals surface area (Å²) >= 11 is 5.93. The second kappa shape index (κ2) is 7.09. The number of halogens is 4. The van der Waals surface area contributed by atoms with Crippen molar-refractivity contribution in [3.63, 3.8) is 0 Å². The van der Waals surface area contributed by atoms with Gasteiger partial charge in [-0.05, 0) is 24.3 Å². The van der Waals surface area contributed by atoms with Crippen molar-refractivity contribution in [3.05, 3.63) is 59.6 Å². The Morgan fingerprint density at radius 1 is 1.28 bits per heavy atom. The highest BCUT2D eigenvalue weighted by atomic mass is 35.5. The van der Waals surface area contributed by atoms with Crippen LogP contribution in [0.2, 0.25) is 5.02 Å². The Morgan fingerprint density at radius 3 is 2.90 bits per heavy atom. The number of carbonyl (C=O) groups excluding carboxylic acids is 1. The van der Waals surface area contributed by atoms with E-state index in [1.54, 1.807) is 12.3 Å². The number of hydrogen-bond donors (Lipinski definition) is 2. The summed E-state index contributed by atoms with van der Waals surface area (Å²) in [6, 6.07) is 5.25. The fraction of sp³-hybridized carbons (Fsp3) is 0.0588. The molecule has 0 radical (unpaired) electrons. The van der Waals surface area contributed by atoms with Crippen molar-refractivity contribution in [1.29, 1.82) is 0 Å². The molecule has 0 unspecified atom stereocenters. The van der Waals surface area contributed by atoms with E-state index in [4.69, 9.17) is 11.6 Å². The zero-order valence-electron chi connectivity index (χ0n) is 14.2. The van der Waals surface area contributed by atoms with E-state index >= 15 is 0 Å². The third kappa shape index (κ3) is 3.85. The number of H-pyrrole nitrogens is 1. The van der Waals surface area contributed by atoms with Crippen molar-refractivity contribution in [2.45, 2.75) is 6.36 Å². The number of hydrogen-bond acceptors (Lipinski definition) is 5. The molecule has 0 aliphatic carbocycles. The molecular weight excluding hydrogens is 413 g/mol. The van der Waals surface area contributed by atoms with Gasteiger partial charge in [-0.2, -0.15) is 10.2 Å². The summed E-state index contributed by atoms with van der Waals surface area (Å²) in [5.74, 6) is -1.07. The summed E-state index contributed by atoms with van der Waals surface area (Å²) in [5.41, 5.74) is 0.680. The number of benzene rings is 1. The SMILES string of the molecule is O=C(Nc1cn[nH]c1-c1cc(Cl)ccc1OC(F)(F)F)c1cnn2cccnc12. The first-order chi connectivity index (χ1) is 13.8. The van der Waals surface area contributed by atoms with Crippen LogP contribution in [-0.4, -0.2) is 37.1 Å². The van der Waals surface area contributed by atoms with Crippen LogP contribution in [0.4, 0.5) is 18.9 Å². The second-order valence-electron chi connectivity index (χ2n) is 5.75. The van der Waals surface area contributed by atoms with Crippen molar-refractivity contribution in [1.82, 2.24) is 24.8 Å². The van der Waals surface area contributed by atoms with Crippen LogP contribution in [0.15, 0.2) is 49.1 Å². The Morgan fingerprint density at radius 2 is 2.10 bits per heavy atom. The van der Waals surface area contributed by atoms with E-state index < -0.39 is 18.0 Å². The molecule has 148 valence electrons. The van der Waals surface area contributed by atoms with Gasteiger partial charge in [0.05, 0.1) is 23.8 Å². The van der Waals surface area contributed by atoms with Gasteiger partial charge < -0.3 is 10.1 Å². The molecule has 1 aromatic carbocycles. The van der Waals surface area contributed by atoms with E-state index in [9.17, 15) is 18.0 Å². The van der Waals surface area contributed by atoms with Gasteiger partial charge in [0, 0.05) is 23.0 Å². The molecule has 3 aromatic heterocycles. The molecule has 2 N–H and O–H groups in total. The van der Waals surface area contributed by atoms with Crippen molar-refractivity contribution >= 4 is 28.8 Å². The maximum absolute atomic E-state index is 12.7. The molecule has 0 bridgehead atoms. The van der Waals surface area contributed by atoms with E-state index in [1.807, 2.05) is 0 Å². The van der Waals surface area contributed by atoms with Gasteiger partial charge in [-0.25, -0.2) is 9.50 Å². The fourth-order valence-electron chi connectivity index (χ4n) is 2.67. The van der Waals surface area contributed by atoms with E-state index in [0.717, 1.165) is 6.07 Å². The number of nitrogens with one attached hydrogen (secondary N) is 2. The van der Waals surface area contributed by atoms with E-state index in [0.29, 0.717) is 5.65 Å². The lowest BCUT2D eigenvalue weighted by Gasteiger charge is -2.14. The van der Waals surface area contributed by atoms with Gasteiger partial charge in [0.1, 0.15) is 11.3 Å². The smallest absolute Gasteiger partial charge is 0.405 e. The lowest BCUT2D eigenvalue weighted by atomic mass is 10.1. The largest absolute Gasteiger partial charge is 0.573 e. The number of rotatable bonds is 4. The molecule has 0 spiro atoms. The normalized spacial score (nSPS) is 11.6. The predicted octanol–water partition coefficient (Wildman–Crippen LogP) is 3.92. The molecule has 8 nitrogen and oxygen atoms in total. The predicted molar refractivity (Wildman–Crippen MR) is 96.7 cm³/mol. The Hall–Kier alpha value is -3.60. The molecule has 0 fully saturated rings. The second-order valence-corrected chi connectivity index (χ2v) is 6.18. The highest BCUT2D eigenvalue weighted by molar-refractivity contribution is 6.31. The Kier molecular flexibility index (Phi) is 4.59. The van der Waals surface area contributed by atoms with Crippen molar-refractivity contribution < 1.29 is 22.7 Å².